The van der Waals surface area contributed by atoms with Crippen molar-refractivity contribution < 1.29 is 14.3 Å². The summed E-state index contributed by atoms with van der Waals surface area (Å²) in [5, 5.41) is 0. The number of carbonyl (C=O) groups excluding carboxylic acids is 2. The van der Waals surface area contributed by atoms with Crippen molar-refractivity contribution in [3.8, 4) is 0 Å². The SMILES string of the molecule is O=C1c2ccccc2C(=O)c2cc(N3CCOCC3)ccc21. The minimum absolute atomic E-state index is 0.0692. The van der Waals surface area contributed by atoms with Crippen LogP contribution in [-0.4, -0.2) is 37.9 Å². The average Bonchev–Trinajstić information content (AvgIpc) is 2.60. The second-order valence-electron chi connectivity index (χ2n) is 5.53. The molecule has 0 spiro atoms. The van der Waals surface area contributed by atoms with Crippen LogP contribution in [0.25, 0.3) is 0 Å². The summed E-state index contributed by atoms with van der Waals surface area (Å²) in [5.74, 6) is -0.140. The first kappa shape index (κ1) is 13.2. The zero-order valence-electron chi connectivity index (χ0n) is 12.0. The first-order valence-corrected chi connectivity index (χ1v) is 7.41. The number of rotatable bonds is 1. The van der Waals surface area contributed by atoms with E-state index in [0.717, 1.165) is 18.8 Å². The third kappa shape index (κ3) is 1.96. The molecule has 2 aromatic carbocycles. The van der Waals surface area contributed by atoms with Crippen molar-refractivity contribution in [1.82, 2.24) is 0 Å². The maximum atomic E-state index is 12.7. The summed E-state index contributed by atoms with van der Waals surface area (Å²) >= 11 is 0. The first-order valence-electron chi connectivity index (χ1n) is 7.41. The lowest BCUT2D eigenvalue weighted by Crippen LogP contribution is -2.36. The van der Waals surface area contributed by atoms with E-state index in [-0.39, 0.29) is 11.6 Å². The summed E-state index contributed by atoms with van der Waals surface area (Å²) in [6.45, 7) is 2.98. The number of ketones is 2. The molecule has 4 heteroatoms. The molecule has 4 nitrogen and oxygen atoms in total. The molecule has 110 valence electrons. The number of nitrogens with zero attached hydrogens (tertiary/aromatic N) is 1. The van der Waals surface area contributed by atoms with E-state index in [9.17, 15) is 9.59 Å². The van der Waals surface area contributed by atoms with Crippen molar-refractivity contribution in [2.75, 3.05) is 31.2 Å². The third-order valence-electron chi connectivity index (χ3n) is 4.28. The third-order valence-corrected chi connectivity index (χ3v) is 4.28. The summed E-state index contributed by atoms with van der Waals surface area (Å²) in [7, 11) is 0. The Labute approximate surface area is 128 Å². The van der Waals surface area contributed by atoms with Gasteiger partial charge in [0, 0.05) is 41.0 Å². The van der Waals surface area contributed by atoms with Crippen LogP contribution in [0.3, 0.4) is 0 Å². The highest BCUT2D eigenvalue weighted by atomic mass is 16.5. The lowest BCUT2D eigenvalue weighted by Gasteiger charge is -2.30. The zero-order valence-corrected chi connectivity index (χ0v) is 12.0. The normalized spacial score (nSPS) is 17.2. The Morgan fingerprint density at radius 3 is 2.05 bits per heavy atom. The predicted octanol–water partition coefficient (Wildman–Crippen LogP) is 2.30. The van der Waals surface area contributed by atoms with Crippen LogP contribution in [-0.2, 0) is 4.74 Å². The summed E-state index contributed by atoms with van der Waals surface area (Å²) < 4.78 is 5.36. The summed E-state index contributed by atoms with van der Waals surface area (Å²) in [5.41, 5.74) is 2.98. The Balaban J connectivity index is 1.80. The van der Waals surface area contributed by atoms with Gasteiger partial charge in [0.2, 0.25) is 0 Å². The molecule has 1 saturated heterocycles. The Morgan fingerprint density at radius 1 is 0.773 bits per heavy atom. The van der Waals surface area contributed by atoms with E-state index >= 15 is 0 Å². The van der Waals surface area contributed by atoms with Crippen molar-refractivity contribution in [2.24, 2.45) is 0 Å². The number of benzene rings is 2. The Bertz CT molecular complexity index is 776. The molecule has 22 heavy (non-hydrogen) atoms. The highest BCUT2D eigenvalue weighted by Gasteiger charge is 2.29. The van der Waals surface area contributed by atoms with E-state index in [0.29, 0.717) is 35.5 Å². The molecule has 0 saturated carbocycles. The number of hydrogen-bond acceptors (Lipinski definition) is 4. The molecule has 0 atom stereocenters. The summed E-state index contributed by atoms with van der Waals surface area (Å²) in [6, 6.07) is 12.6. The van der Waals surface area contributed by atoms with Gasteiger partial charge in [-0.2, -0.15) is 0 Å². The van der Waals surface area contributed by atoms with Gasteiger partial charge in [0.15, 0.2) is 11.6 Å². The van der Waals surface area contributed by atoms with E-state index in [2.05, 4.69) is 4.90 Å². The van der Waals surface area contributed by atoms with Crippen LogP contribution in [0.15, 0.2) is 42.5 Å². The predicted molar refractivity (Wildman–Crippen MR) is 82.8 cm³/mol. The largest absolute Gasteiger partial charge is 0.378 e. The van der Waals surface area contributed by atoms with Crippen LogP contribution in [0.5, 0.6) is 0 Å². The number of carbonyl (C=O) groups is 2. The second-order valence-corrected chi connectivity index (χ2v) is 5.53. The highest BCUT2D eigenvalue weighted by Crippen LogP contribution is 2.30. The van der Waals surface area contributed by atoms with Crippen LogP contribution in [0.4, 0.5) is 5.69 Å². The average molecular weight is 293 g/mol. The van der Waals surface area contributed by atoms with Crippen LogP contribution < -0.4 is 4.90 Å². The fraction of sp³-hybridized carbons (Fsp3) is 0.222. The van der Waals surface area contributed by atoms with Crippen molar-refractivity contribution in [1.29, 1.82) is 0 Å². The molecule has 4 rings (SSSR count). The van der Waals surface area contributed by atoms with Crippen molar-refractivity contribution in [2.45, 2.75) is 0 Å². The number of ether oxygens (including phenoxy) is 1. The van der Waals surface area contributed by atoms with Gasteiger partial charge in [0.1, 0.15) is 0 Å². The van der Waals surface area contributed by atoms with E-state index in [4.69, 9.17) is 4.74 Å². The Morgan fingerprint density at radius 2 is 1.36 bits per heavy atom. The molecular formula is C18H15NO3. The van der Waals surface area contributed by atoms with Gasteiger partial charge >= 0.3 is 0 Å². The molecule has 2 aromatic rings. The molecular weight excluding hydrogens is 278 g/mol. The molecule has 0 unspecified atom stereocenters. The lowest BCUT2D eigenvalue weighted by atomic mass is 9.84. The molecule has 1 heterocycles. The maximum absolute atomic E-state index is 12.7. The minimum Gasteiger partial charge on any atom is -0.378 e. The number of morpholine rings is 1. The summed E-state index contributed by atoms with van der Waals surface area (Å²) in [4.78, 5) is 27.4. The minimum atomic E-state index is -0.0706. The van der Waals surface area contributed by atoms with Gasteiger partial charge < -0.3 is 9.64 Å². The van der Waals surface area contributed by atoms with E-state index in [1.807, 2.05) is 12.1 Å². The van der Waals surface area contributed by atoms with E-state index < -0.39 is 0 Å². The molecule has 1 aliphatic heterocycles. The van der Waals surface area contributed by atoms with Gasteiger partial charge in [0.25, 0.3) is 0 Å². The van der Waals surface area contributed by atoms with Gasteiger partial charge in [-0.05, 0) is 18.2 Å². The lowest BCUT2D eigenvalue weighted by molar-refractivity contribution is 0.0979. The molecule has 0 bridgehead atoms. The van der Waals surface area contributed by atoms with Crippen molar-refractivity contribution in [3.63, 3.8) is 0 Å². The van der Waals surface area contributed by atoms with Crippen molar-refractivity contribution in [3.05, 3.63) is 64.7 Å². The van der Waals surface area contributed by atoms with Gasteiger partial charge in [-0.3, -0.25) is 9.59 Å². The highest BCUT2D eigenvalue weighted by molar-refractivity contribution is 6.28. The number of fused-ring (bicyclic) bond motifs is 2. The molecule has 0 amide bonds. The monoisotopic (exact) mass is 293 g/mol. The van der Waals surface area contributed by atoms with Gasteiger partial charge in [-0.1, -0.05) is 24.3 Å². The fourth-order valence-electron chi connectivity index (χ4n) is 3.11. The maximum Gasteiger partial charge on any atom is 0.194 e. The molecule has 0 radical (unpaired) electrons. The van der Waals surface area contributed by atoms with Crippen LogP contribution in [0, 0.1) is 0 Å². The smallest absolute Gasteiger partial charge is 0.194 e. The van der Waals surface area contributed by atoms with Gasteiger partial charge in [0.05, 0.1) is 13.2 Å². The molecule has 0 N–H and O–H groups in total. The standard InChI is InChI=1S/C18H15NO3/c20-17-13-3-1-2-4-14(13)18(21)16-11-12(5-6-15(16)17)19-7-9-22-10-8-19/h1-6,11H,7-10H2. The molecule has 1 fully saturated rings. The molecule has 1 aliphatic carbocycles. The first-order chi connectivity index (χ1) is 10.8. The number of anilines is 1. The van der Waals surface area contributed by atoms with E-state index in [1.54, 1.807) is 30.3 Å². The molecule has 0 aromatic heterocycles. The summed E-state index contributed by atoms with van der Waals surface area (Å²) in [6.07, 6.45) is 0. The van der Waals surface area contributed by atoms with E-state index in [1.165, 1.54) is 0 Å². The molecule has 2 aliphatic rings. The van der Waals surface area contributed by atoms with Gasteiger partial charge in [-0.15, -0.1) is 0 Å². The van der Waals surface area contributed by atoms with Gasteiger partial charge in [-0.25, -0.2) is 0 Å². The second kappa shape index (κ2) is 5.07. The Kier molecular flexibility index (Phi) is 3.05. The van der Waals surface area contributed by atoms with Crippen LogP contribution >= 0.6 is 0 Å². The number of hydrogen-bond donors (Lipinski definition) is 0. The topological polar surface area (TPSA) is 46.6 Å². The fourth-order valence-corrected chi connectivity index (χ4v) is 3.11. The van der Waals surface area contributed by atoms with Crippen LogP contribution in [0.1, 0.15) is 31.8 Å². The Hall–Kier alpha value is -2.46. The van der Waals surface area contributed by atoms with Crippen molar-refractivity contribution >= 4 is 17.3 Å². The quantitative estimate of drug-likeness (QED) is 0.690. The van der Waals surface area contributed by atoms with Crippen LogP contribution in [0.2, 0.25) is 0 Å². The zero-order chi connectivity index (χ0) is 15.1.